The fourth-order valence-electron chi connectivity index (χ4n) is 2.59. The number of aliphatic hydroxyl groups is 1. The second-order valence-corrected chi connectivity index (χ2v) is 5.14. The van der Waals surface area contributed by atoms with E-state index in [1.807, 2.05) is 0 Å². The number of ketones is 1. The molecular formula is C15H20FNO2. The van der Waals surface area contributed by atoms with Crippen LogP contribution in [0.1, 0.15) is 29.6 Å². The SMILES string of the molecule is O=C(CCN1CCCC(CO)C1)c1ccccc1F. The van der Waals surface area contributed by atoms with Crippen molar-refractivity contribution in [2.45, 2.75) is 19.3 Å². The standard InChI is InChI=1S/C15H20FNO2/c16-14-6-2-1-5-13(14)15(19)7-9-17-8-3-4-12(10-17)11-18/h1-2,5-6,12,18H,3-4,7-11H2. The summed E-state index contributed by atoms with van der Waals surface area (Å²) in [5, 5.41) is 9.16. The van der Waals surface area contributed by atoms with Crippen molar-refractivity contribution in [3.63, 3.8) is 0 Å². The monoisotopic (exact) mass is 265 g/mol. The lowest BCUT2D eigenvalue weighted by atomic mass is 9.98. The minimum absolute atomic E-state index is 0.149. The molecular weight excluding hydrogens is 245 g/mol. The first kappa shape index (κ1) is 14.2. The van der Waals surface area contributed by atoms with Crippen molar-refractivity contribution in [3.8, 4) is 0 Å². The summed E-state index contributed by atoms with van der Waals surface area (Å²) in [7, 11) is 0. The van der Waals surface area contributed by atoms with Crippen LogP contribution >= 0.6 is 0 Å². The predicted octanol–water partition coefficient (Wildman–Crippen LogP) is 2.10. The van der Waals surface area contributed by atoms with Crippen LogP contribution in [0.4, 0.5) is 4.39 Å². The first-order valence-electron chi connectivity index (χ1n) is 6.81. The molecule has 2 rings (SSSR count). The van der Waals surface area contributed by atoms with E-state index in [1.165, 1.54) is 12.1 Å². The third-order valence-corrected chi connectivity index (χ3v) is 3.69. The van der Waals surface area contributed by atoms with Crippen LogP contribution in [0.2, 0.25) is 0 Å². The van der Waals surface area contributed by atoms with Crippen LogP contribution in [0.3, 0.4) is 0 Å². The number of Topliss-reactive ketones (excluding diaryl/α,β-unsaturated/α-hetero) is 1. The highest BCUT2D eigenvalue weighted by molar-refractivity contribution is 5.96. The Bertz CT molecular complexity index is 436. The molecule has 0 aliphatic carbocycles. The van der Waals surface area contributed by atoms with Crippen LogP contribution in [0.25, 0.3) is 0 Å². The highest BCUT2D eigenvalue weighted by Crippen LogP contribution is 2.16. The number of hydrogen-bond donors (Lipinski definition) is 1. The normalized spacial score (nSPS) is 20.4. The molecule has 0 amide bonds. The second kappa shape index (κ2) is 6.78. The largest absolute Gasteiger partial charge is 0.396 e. The topological polar surface area (TPSA) is 40.5 Å². The Morgan fingerprint density at radius 1 is 1.42 bits per heavy atom. The van der Waals surface area contributed by atoms with Gasteiger partial charge in [0.1, 0.15) is 5.82 Å². The molecule has 0 saturated carbocycles. The van der Waals surface area contributed by atoms with Gasteiger partial charge in [0.15, 0.2) is 5.78 Å². The maximum atomic E-state index is 13.5. The van der Waals surface area contributed by atoms with E-state index in [4.69, 9.17) is 5.11 Å². The summed E-state index contributed by atoms with van der Waals surface area (Å²) in [6.45, 7) is 2.64. The average molecular weight is 265 g/mol. The van der Waals surface area contributed by atoms with E-state index < -0.39 is 5.82 Å². The lowest BCUT2D eigenvalue weighted by molar-refractivity contribution is 0.0913. The van der Waals surface area contributed by atoms with E-state index in [9.17, 15) is 9.18 Å². The number of hydrogen-bond acceptors (Lipinski definition) is 3. The smallest absolute Gasteiger partial charge is 0.167 e. The molecule has 1 aliphatic rings. The van der Waals surface area contributed by atoms with E-state index in [0.29, 0.717) is 18.9 Å². The molecule has 1 unspecified atom stereocenters. The third kappa shape index (κ3) is 3.85. The zero-order valence-corrected chi connectivity index (χ0v) is 11.0. The van der Waals surface area contributed by atoms with Crippen molar-refractivity contribution < 1.29 is 14.3 Å². The number of halogens is 1. The molecule has 1 aromatic carbocycles. The van der Waals surface area contributed by atoms with Crippen LogP contribution in [-0.2, 0) is 0 Å². The van der Waals surface area contributed by atoms with E-state index in [0.717, 1.165) is 25.9 Å². The second-order valence-electron chi connectivity index (χ2n) is 5.14. The molecule has 19 heavy (non-hydrogen) atoms. The quantitative estimate of drug-likeness (QED) is 0.829. The van der Waals surface area contributed by atoms with E-state index in [-0.39, 0.29) is 18.0 Å². The highest BCUT2D eigenvalue weighted by atomic mass is 19.1. The molecule has 104 valence electrons. The maximum absolute atomic E-state index is 13.5. The van der Waals surface area contributed by atoms with Crippen LogP contribution in [0.15, 0.2) is 24.3 Å². The van der Waals surface area contributed by atoms with Gasteiger partial charge in [-0.25, -0.2) is 4.39 Å². The van der Waals surface area contributed by atoms with Crippen LogP contribution in [0.5, 0.6) is 0 Å². The fourth-order valence-corrected chi connectivity index (χ4v) is 2.59. The van der Waals surface area contributed by atoms with Gasteiger partial charge in [0.25, 0.3) is 0 Å². The molecule has 0 bridgehead atoms. The first-order valence-corrected chi connectivity index (χ1v) is 6.81. The molecule has 1 saturated heterocycles. The fraction of sp³-hybridized carbons (Fsp3) is 0.533. The van der Waals surface area contributed by atoms with E-state index in [2.05, 4.69) is 4.90 Å². The molecule has 1 heterocycles. The summed E-state index contributed by atoms with van der Waals surface area (Å²) in [6, 6.07) is 6.11. The number of rotatable bonds is 5. The Labute approximate surface area is 113 Å². The predicted molar refractivity (Wildman–Crippen MR) is 71.6 cm³/mol. The molecule has 0 spiro atoms. The van der Waals surface area contributed by atoms with E-state index in [1.54, 1.807) is 12.1 Å². The van der Waals surface area contributed by atoms with Crippen molar-refractivity contribution in [1.29, 1.82) is 0 Å². The first-order chi connectivity index (χ1) is 9.20. The van der Waals surface area contributed by atoms with Gasteiger partial charge in [0.05, 0.1) is 5.56 Å². The lowest BCUT2D eigenvalue weighted by Gasteiger charge is -2.31. The highest BCUT2D eigenvalue weighted by Gasteiger charge is 2.20. The molecule has 0 aromatic heterocycles. The number of aliphatic hydroxyl groups excluding tert-OH is 1. The maximum Gasteiger partial charge on any atom is 0.167 e. The van der Waals surface area contributed by atoms with Crippen molar-refractivity contribution >= 4 is 5.78 Å². The van der Waals surface area contributed by atoms with Crippen molar-refractivity contribution in [1.82, 2.24) is 4.90 Å². The minimum atomic E-state index is -0.445. The molecule has 1 fully saturated rings. The summed E-state index contributed by atoms with van der Waals surface area (Å²) < 4.78 is 13.5. The van der Waals surface area contributed by atoms with E-state index >= 15 is 0 Å². The van der Waals surface area contributed by atoms with Gasteiger partial charge in [-0.2, -0.15) is 0 Å². The number of carbonyl (C=O) groups is 1. The molecule has 4 heteroatoms. The van der Waals surface area contributed by atoms with Crippen molar-refractivity contribution in [2.24, 2.45) is 5.92 Å². The molecule has 1 aromatic rings. The van der Waals surface area contributed by atoms with Gasteiger partial charge in [0.2, 0.25) is 0 Å². The van der Waals surface area contributed by atoms with Gasteiger partial charge in [-0.3, -0.25) is 4.79 Å². The minimum Gasteiger partial charge on any atom is -0.396 e. The van der Waals surface area contributed by atoms with Crippen LogP contribution < -0.4 is 0 Å². The number of nitrogens with zero attached hydrogens (tertiary/aromatic N) is 1. The van der Waals surface area contributed by atoms with Gasteiger partial charge < -0.3 is 10.0 Å². The third-order valence-electron chi connectivity index (χ3n) is 3.69. The van der Waals surface area contributed by atoms with Crippen molar-refractivity contribution in [2.75, 3.05) is 26.2 Å². The van der Waals surface area contributed by atoms with Crippen molar-refractivity contribution in [3.05, 3.63) is 35.6 Å². The van der Waals surface area contributed by atoms with Crippen LogP contribution in [-0.4, -0.2) is 42.0 Å². The molecule has 3 nitrogen and oxygen atoms in total. The Kier molecular flexibility index (Phi) is 5.05. The lowest BCUT2D eigenvalue weighted by Crippen LogP contribution is -2.38. The molecule has 1 aliphatic heterocycles. The Hall–Kier alpha value is -1.26. The number of benzene rings is 1. The molecule has 1 N–H and O–H groups in total. The van der Waals surface area contributed by atoms with Gasteiger partial charge in [-0.15, -0.1) is 0 Å². The van der Waals surface area contributed by atoms with Gasteiger partial charge >= 0.3 is 0 Å². The average Bonchev–Trinajstić information content (AvgIpc) is 2.45. The molecule has 0 radical (unpaired) electrons. The molecule has 1 atom stereocenters. The number of piperidine rings is 1. The van der Waals surface area contributed by atoms with Crippen LogP contribution in [0, 0.1) is 11.7 Å². The zero-order valence-electron chi connectivity index (χ0n) is 11.0. The zero-order chi connectivity index (χ0) is 13.7. The Balaban J connectivity index is 1.85. The summed E-state index contributed by atoms with van der Waals surface area (Å²) >= 11 is 0. The number of carbonyl (C=O) groups excluding carboxylic acids is 1. The van der Waals surface area contributed by atoms with Gasteiger partial charge in [-0.05, 0) is 37.4 Å². The summed E-state index contributed by atoms with van der Waals surface area (Å²) in [5.41, 5.74) is 0.179. The summed E-state index contributed by atoms with van der Waals surface area (Å²) in [5.74, 6) is -0.277. The number of likely N-dealkylation sites (tertiary alicyclic amines) is 1. The Morgan fingerprint density at radius 2 is 2.21 bits per heavy atom. The van der Waals surface area contributed by atoms with Gasteiger partial charge in [0, 0.05) is 26.1 Å². The Morgan fingerprint density at radius 3 is 2.95 bits per heavy atom. The summed E-state index contributed by atoms with van der Waals surface area (Å²) in [4.78, 5) is 14.1. The van der Waals surface area contributed by atoms with Gasteiger partial charge in [-0.1, -0.05) is 12.1 Å². The summed E-state index contributed by atoms with van der Waals surface area (Å²) in [6.07, 6.45) is 2.44.